The molecule has 10 heteroatoms. The van der Waals surface area contributed by atoms with Gasteiger partial charge in [-0.2, -0.15) is 18.3 Å². The Bertz CT molecular complexity index is 1300. The topological polar surface area (TPSA) is 121 Å². The van der Waals surface area contributed by atoms with Crippen LogP contribution in [0.2, 0.25) is 0 Å². The molecule has 0 bridgehead atoms. The molecule has 0 atom stereocenters. The van der Waals surface area contributed by atoms with E-state index in [2.05, 4.69) is 20.5 Å². The van der Waals surface area contributed by atoms with Crippen LogP contribution < -0.4 is 11.1 Å². The highest BCUT2D eigenvalue weighted by molar-refractivity contribution is 6.25. The molecule has 5 rings (SSSR count). The maximum absolute atomic E-state index is 13.3. The second-order valence-electron chi connectivity index (χ2n) is 8.28. The number of benzene rings is 1. The number of nitrogens with one attached hydrogen (secondary N) is 3. The molecule has 0 unspecified atom stereocenters. The number of halogens is 3. The third-order valence-corrected chi connectivity index (χ3v) is 6.10. The summed E-state index contributed by atoms with van der Waals surface area (Å²) >= 11 is 0. The molecule has 1 saturated carbocycles. The average Bonchev–Trinajstić information content (AvgIpc) is 3.47. The van der Waals surface area contributed by atoms with Crippen LogP contribution in [0, 0.1) is 5.41 Å². The summed E-state index contributed by atoms with van der Waals surface area (Å²) in [6, 6.07) is 3.57. The molecule has 1 aromatic carbocycles. The van der Waals surface area contributed by atoms with Gasteiger partial charge < -0.3 is 11.1 Å². The molecule has 2 heterocycles. The second-order valence-corrected chi connectivity index (χ2v) is 8.28. The number of alkyl halides is 3. The van der Waals surface area contributed by atoms with Crippen molar-refractivity contribution in [3.8, 4) is 0 Å². The van der Waals surface area contributed by atoms with Crippen LogP contribution >= 0.6 is 0 Å². The predicted molar refractivity (Wildman–Crippen MR) is 114 cm³/mol. The molecular weight excluding hydrogens is 421 g/mol. The van der Waals surface area contributed by atoms with Gasteiger partial charge in [0.25, 0.3) is 5.91 Å². The van der Waals surface area contributed by atoms with Crippen LogP contribution in [0.3, 0.4) is 0 Å². The summed E-state index contributed by atoms with van der Waals surface area (Å²) in [5.41, 5.74) is 6.56. The van der Waals surface area contributed by atoms with Gasteiger partial charge in [0, 0.05) is 28.6 Å². The molecule has 2 aliphatic carbocycles. The average molecular weight is 442 g/mol. The third kappa shape index (κ3) is 3.30. The minimum Gasteiger partial charge on any atom is -0.404 e. The summed E-state index contributed by atoms with van der Waals surface area (Å²) in [5.74, 6) is -0.277. The van der Waals surface area contributed by atoms with Gasteiger partial charge in [0.1, 0.15) is 5.71 Å². The highest BCUT2D eigenvalue weighted by atomic mass is 19.4. The van der Waals surface area contributed by atoms with Crippen LogP contribution in [0.4, 0.5) is 13.2 Å². The minimum absolute atomic E-state index is 0.0869. The Balaban J connectivity index is 1.77. The van der Waals surface area contributed by atoms with E-state index in [1.807, 2.05) is 0 Å². The van der Waals surface area contributed by atoms with Crippen molar-refractivity contribution in [1.29, 1.82) is 5.41 Å². The monoisotopic (exact) mass is 442 g/mol. The number of nitrogens with zero attached hydrogens (tertiary/aromatic N) is 2. The molecule has 3 aromatic rings. The van der Waals surface area contributed by atoms with Gasteiger partial charge in [-0.1, -0.05) is 0 Å². The predicted octanol–water partition coefficient (Wildman–Crippen LogP) is 3.76. The van der Waals surface area contributed by atoms with E-state index < -0.39 is 17.5 Å². The Morgan fingerprint density at radius 2 is 1.88 bits per heavy atom. The van der Waals surface area contributed by atoms with Crippen molar-refractivity contribution in [2.75, 3.05) is 0 Å². The number of nitrogens with two attached hydrogens (primary N) is 1. The Kier molecular flexibility index (Phi) is 4.68. The molecule has 5 N–H and O–H groups in total. The first kappa shape index (κ1) is 20.5. The third-order valence-electron chi connectivity index (χ3n) is 6.10. The summed E-state index contributed by atoms with van der Waals surface area (Å²) in [7, 11) is 0. The van der Waals surface area contributed by atoms with E-state index in [1.165, 1.54) is 0 Å². The van der Waals surface area contributed by atoms with Crippen LogP contribution in [-0.2, 0) is 12.8 Å². The number of carbonyl (C=O) groups excluding carboxylic acids is 1. The molecule has 1 fully saturated rings. The number of H-pyrrole nitrogens is 1. The molecule has 7 nitrogen and oxygen atoms in total. The summed E-state index contributed by atoms with van der Waals surface area (Å²) in [5, 5.41) is 19.1. The lowest BCUT2D eigenvalue weighted by molar-refractivity contribution is -0.0578. The quantitative estimate of drug-likeness (QED) is 0.460. The van der Waals surface area contributed by atoms with Gasteiger partial charge in [-0.25, -0.2) is 4.98 Å². The van der Waals surface area contributed by atoms with Gasteiger partial charge >= 0.3 is 6.18 Å². The van der Waals surface area contributed by atoms with Gasteiger partial charge in [0.15, 0.2) is 5.69 Å². The first-order valence-electron chi connectivity index (χ1n) is 10.5. The van der Waals surface area contributed by atoms with Crippen molar-refractivity contribution < 1.29 is 18.0 Å². The fourth-order valence-corrected chi connectivity index (χ4v) is 4.43. The van der Waals surface area contributed by atoms with Gasteiger partial charge in [0.05, 0.1) is 16.7 Å². The van der Waals surface area contributed by atoms with Crippen molar-refractivity contribution in [3.63, 3.8) is 0 Å². The lowest BCUT2D eigenvalue weighted by Gasteiger charge is -2.23. The van der Waals surface area contributed by atoms with Crippen LogP contribution in [0.1, 0.15) is 53.0 Å². The lowest BCUT2D eigenvalue weighted by atomic mass is 9.84. The molecule has 2 aromatic heterocycles. The number of hydrogen-bond acceptors (Lipinski definition) is 5. The van der Waals surface area contributed by atoms with E-state index in [4.69, 9.17) is 11.1 Å². The van der Waals surface area contributed by atoms with Gasteiger partial charge in [0.2, 0.25) is 0 Å². The van der Waals surface area contributed by atoms with Gasteiger partial charge in [-0.3, -0.25) is 15.3 Å². The smallest absolute Gasteiger partial charge is 0.404 e. The molecule has 0 spiro atoms. The summed E-state index contributed by atoms with van der Waals surface area (Å²) in [6.45, 7) is 0. The number of carbonyl (C=O) groups is 1. The van der Waals surface area contributed by atoms with E-state index >= 15 is 0 Å². The van der Waals surface area contributed by atoms with E-state index in [0.717, 1.165) is 42.8 Å². The van der Waals surface area contributed by atoms with Crippen molar-refractivity contribution in [2.24, 2.45) is 5.73 Å². The molecule has 0 saturated heterocycles. The zero-order valence-corrected chi connectivity index (χ0v) is 17.1. The molecule has 32 heavy (non-hydrogen) atoms. The maximum atomic E-state index is 13.3. The number of pyridine rings is 1. The van der Waals surface area contributed by atoms with Crippen molar-refractivity contribution in [3.05, 3.63) is 40.8 Å². The van der Waals surface area contributed by atoms with E-state index in [-0.39, 0.29) is 23.3 Å². The van der Waals surface area contributed by atoms with Crippen LogP contribution in [-0.4, -0.2) is 39.0 Å². The fourth-order valence-electron chi connectivity index (χ4n) is 4.43. The van der Waals surface area contributed by atoms with Crippen molar-refractivity contribution in [1.82, 2.24) is 20.5 Å². The van der Waals surface area contributed by atoms with Gasteiger partial charge in [-0.05, 0) is 61.8 Å². The Labute approximate surface area is 180 Å². The maximum Gasteiger partial charge on any atom is 0.433 e. The second kappa shape index (κ2) is 7.32. The molecule has 1 amide bonds. The Morgan fingerprint density at radius 3 is 2.53 bits per heavy atom. The molecular formula is C22H21F3N6O. The number of aromatic amines is 1. The van der Waals surface area contributed by atoms with E-state index in [9.17, 15) is 18.0 Å². The largest absolute Gasteiger partial charge is 0.433 e. The van der Waals surface area contributed by atoms with E-state index in [0.29, 0.717) is 34.8 Å². The molecule has 166 valence electrons. The molecule has 0 aliphatic heterocycles. The molecule has 2 aliphatic rings. The zero-order chi connectivity index (χ0) is 22.6. The number of allylic oxidation sites excluding steroid dienone is 1. The number of aromatic nitrogens is 3. The van der Waals surface area contributed by atoms with Crippen LogP contribution in [0.15, 0.2) is 18.3 Å². The highest BCUT2D eigenvalue weighted by Gasteiger charge is 2.39. The number of fused-ring (bicyclic) bond motifs is 5. The van der Waals surface area contributed by atoms with Crippen molar-refractivity contribution in [2.45, 2.75) is 50.7 Å². The first-order valence-corrected chi connectivity index (χ1v) is 10.5. The fraction of sp³-hybridized carbons (Fsp3) is 0.364. The van der Waals surface area contributed by atoms with Crippen LogP contribution in [0.25, 0.3) is 27.4 Å². The summed E-state index contributed by atoms with van der Waals surface area (Å²) in [4.78, 5) is 17.3. The number of hydrogen-bond donors (Lipinski definition) is 4. The lowest BCUT2D eigenvalue weighted by Crippen LogP contribution is -2.26. The number of amides is 1. The first-order chi connectivity index (χ1) is 15.3. The highest BCUT2D eigenvalue weighted by Crippen LogP contribution is 2.39. The number of aryl methyl sites for hydroxylation is 1. The van der Waals surface area contributed by atoms with Crippen molar-refractivity contribution >= 4 is 39.0 Å². The summed E-state index contributed by atoms with van der Waals surface area (Å²) in [6.07, 6.45) is 0.655. The SMILES string of the molecule is N=C(/C(=C\N)c1nc2ccc3[nH]nc(C(=O)NC4CC4)c3c2c2c1CCCC2)C(F)(F)F. The normalized spacial score (nSPS) is 16.9. The minimum atomic E-state index is -4.84. The molecule has 0 radical (unpaired) electrons. The zero-order valence-electron chi connectivity index (χ0n) is 17.1. The Hall–Kier alpha value is -3.43. The Morgan fingerprint density at radius 1 is 1.16 bits per heavy atom. The van der Waals surface area contributed by atoms with E-state index in [1.54, 1.807) is 12.1 Å². The summed E-state index contributed by atoms with van der Waals surface area (Å²) < 4.78 is 40.0. The number of rotatable bonds is 4. The standard InChI is InChI=1S/C22H21F3N6O/c23-22(24,25)20(27)13(9-26)18-12-4-2-1-3-11(12)16-14(29-18)7-8-15-17(16)19(31-30-15)21(32)28-10-5-6-10/h7-10,27H,1-6,26H2,(H,28,32)(H,30,31)/b13-9-,27-20?. The van der Waals surface area contributed by atoms with Gasteiger partial charge in [-0.15, -0.1) is 0 Å². The van der Waals surface area contributed by atoms with Crippen LogP contribution in [0.5, 0.6) is 0 Å².